The Morgan fingerprint density at radius 1 is 1.46 bits per heavy atom. The first-order valence-corrected chi connectivity index (χ1v) is 5.12. The number of benzene rings is 1. The molecule has 13 heavy (non-hydrogen) atoms. The van der Waals surface area contributed by atoms with Crippen LogP contribution in [0, 0.1) is 12.7 Å². The number of rotatable bonds is 1. The predicted octanol–water partition coefficient (Wildman–Crippen LogP) is 2.66. The van der Waals surface area contributed by atoms with E-state index < -0.39 is 0 Å². The summed E-state index contributed by atoms with van der Waals surface area (Å²) in [5.41, 5.74) is 1.00. The van der Waals surface area contributed by atoms with Gasteiger partial charge in [-0.05, 0) is 19.1 Å². The van der Waals surface area contributed by atoms with E-state index in [-0.39, 0.29) is 5.82 Å². The van der Waals surface area contributed by atoms with E-state index in [1.165, 1.54) is 11.1 Å². The third-order valence-electron chi connectivity index (χ3n) is 2.17. The molecule has 1 aromatic carbocycles. The van der Waals surface area contributed by atoms with E-state index in [1.54, 1.807) is 17.4 Å². The number of nitrogens with zero attached hydrogens (tertiary/aromatic N) is 1. The molecule has 0 aliphatic rings. The monoisotopic (exact) mass is 196 g/mol. The Morgan fingerprint density at radius 2 is 2.23 bits per heavy atom. The van der Waals surface area contributed by atoms with Crippen molar-refractivity contribution in [1.82, 2.24) is 0 Å². The van der Waals surface area contributed by atoms with Crippen LogP contribution in [0.4, 0.5) is 4.39 Å². The molecule has 0 spiro atoms. The van der Waals surface area contributed by atoms with E-state index in [2.05, 4.69) is 18.4 Å². The van der Waals surface area contributed by atoms with Crippen molar-refractivity contribution in [1.29, 1.82) is 0 Å². The second-order valence-electron chi connectivity index (χ2n) is 2.98. The average molecular weight is 196 g/mol. The molecule has 0 amide bonds. The average Bonchev–Trinajstić information content (AvgIpc) is 2.40. The Balaban J connectivity index is 2.80. The summed E-state index contributed by atoms with van der Waals surface area (Å²) in [6.07, 6.45) is 0. The van der Waals surface area contributed by atoms with Crippen LogP contribution in [-0.2, 0) is 6.54 Å². The van der Waals surface area contributed by atoms with Crippen LogP contribution >= 0.6 is 11.3 Å². The van der Waals surface area contributed by atoms with Gasteiger partial charge in [-0.1, -0.05) is 11.3 Å². The maximum absolute atomic E-state index is 13.0. The molecular weight excluding hydrogens is 185 g/mol. The molecule has 0 N–H and O–H groups in total. The minimum atomic E-state index is -0.160. The second kappa shape index (κ2) is 3.07. The number of hydrogen-bond donors (Lipinski definition) is 0. The van der Waals surface area contributed by atoms with Crippen molar-refractivity contribution < 1.29 is 8.96 Å². The summed E-state index contributed by atoms with van der Waals surface area (Å²) >= 11 is 1.71. The van der Waals surface area contributed by atoms with Gasteiger partial charge in [-0.15, -0.1) is 0 Å². The smallest absolute Gasteiger partial charge is 0.207 e. The van der Waals surface area contributed by atoms with Gasteiger partial charge in [0.25, 0.3) is 0 Å². The number of aryl methyl sites for hydroxylation is 2. The van der Waals surface area contributed by atoms with Gasteiger partial charge in [0.15, 0.2) is 0 Å². The molecule has 0 bridgehead atoms. The minimum Gasteiger partial charge on any atom is -0.207 e. The molecule has 0 aliphatic heterocycles. The molecule has 1 aromatic heterocycles. The highest BCUT2D eigenvalue weighted by Gasteiger charge is 2.15. The molecule has 68 valence electrons. The molecular formula is C10H11FNS+. The fourth-order valence-electron chi connectivity index (χ4n) is 1.56. The van der Waals surface area contributed by atoms with Crippen molar-refractivity contribution in [3.05, 3.63) is 29.0 Å². The highest BCUT2D eigenvalue weighted by Crippen LogP contribution is 2.20. The van der Waals surface area contributed by atoms with Gasteiger partial charge >= 0.3 is 0 Å². The SMILES string of the molecule is CC[n+]1c(C)sc2ccc(F)cc21. The standard InChI is InChI=1S/C10H11FNS/c1-3-12-7(2)13-10-5-4-8(11)6-9(10)12/h4-6H,3H2,1-2H3/q+1. The Kier molecular flexibility index (Phi) is 2.04. The molecule has 0 unspecified atom stereocenters. The minimum absolute atomic E-state index is 0.160. The Labute approximate surface area is 80.4 Å². The lowest BCUT2D eigenvalue weighted by molar-refractivity contribution is -0.669. The highest BCUT2D eigenvalue weighted by molar-refractivity contribution is 7.18. The van der Waals surface area contributed by atoms with E-state index in [1.807, 2.05) is 6.07 Å². The Bertz CT molecular complexity index is 447. The van der Waals surface area contributed by atoms with Gasteiger partial charge < -0.3 is 0 Å². The van der Waals surface area contributed by atoms with Gasteiger partial charge in [0.05, 0.1) is 0 Å². The fraction of sp³-hybridized carbons (Fsp3) is 0.300. The lowest BCUT2D eigenvalue weighted by Crippen LogP contribution is -2.33. The first-order valence-electron chi connectivity index (χ1n) is 4.31. The van der Waals surface area contributed by atoms with E-state index >= 15 is 0 Å². The van der Waals surface area contributed by atoms with Crippen LogP contribution in [-0.4, -0.2) is 0 Å². The lowest BCUT2D eigenvalue weighted by atomic mass is 10.3. The zero-order valence-electron chi connectivity index (χ0n) is 7.67. The van der Waals surface area contributed by atoms with Crippen molar-refractivity contribution in [2.24, 2.45) is 0 Å². The number of thiazole rings is 1. The van der Waals surface area contributed by atoms with E-state index in [0.717, 1.165) is 16.8 Å². The van der Waals surface area contributed by atoms with Gasteiger partial charge in [-0.25, -0.2) is 4.39 Å². The Hall–Kier alpha value is -0.960. The summed E-state index contributed by atoms with van der Waals surface area (Å²) in [6.45, 7) is 5.03. The van der Waals surface area contributed by atoms with Crippen LogP contribution in [0.15, 0.2) is 18.2 Å². The van der Waals surface area contributed by atoms with Gasteiger partial charge in [-0.3, -0.25) is 0 Å². The quantitative estimate of drug-likeness (QED) is 0.617. The number of aromatic nitrogens is 1. The summed E-state index contributed by atoms with van der Waals surface area (Å²) in [7, 11) is 0. The topological polar surface area (TPSA) is 3.88 Å². The summed E-state index contributed by atoms with van der Waals surface area (Å²) in [4.78, 5) is 0. The first-order chi connectivity index (χ1) is 6.22. The number of halogens is 1. The fourth-order valence-corrected chi connectivity index (χ4v) is 2.63. The van der Waals surface area contributed by atoms with Crippen molar-refractivity contribution in [2.75, 3.05) is 0 Å². The second-order valence-corrected chi connectivity index (χ2v) is 4.21. The van der Waals surface area contributed by atoms with Gasteiger partial charge in [0.1, 0.15) is 17.1 Å². The van der Waals surface area contributed by atoms with Crippen LogP contribution in [0.25, 0.3) is 10.2 Å². The van der Waals surface area contributed by atoms with Gasteiger partial charge in [-0.2, -0.15) is 4.57 Å². The van der Waals surface area contributed by atoms with E-state index in [4.69, 9.17) is 0 Å². The molecule has 0 saturated heterocycles. The molecule has 0 fully saturated rings. The molecule has 1 nitrogen and oxygen atoms in total. The van der Waals surface area contributed by atoms with Crippen LogP contribution in [0.5, 0.6) is 0 Å². The normalized spacial score (nSPS) is 11.0. The Morgan fingerprint density at radius 3 is 2.92 bits per heavy atom. The van der Waals surface area contributed by atoms with Gasteiger partial charge in [0, 0.05) is 13.0 Å². The highest BCUT2D eigenvalue weighted by atomic mass is 32.1. The molecule has 0 aliphatic carbocycles. The molecule has 2 aromatic rings. The molecule has 0 saturated carbocycles. The summed E-state index contributed by atoms with van der Waals surface area (Å²) in [6, 6.07) is 4.95. The maximum atomic E-state index is 13.0. The van der Waals surface area contributed by atoms with Crippen molar-refractivity contribution in [3.63, 3.8) is 0 Å². The molecule has 1 heterocycles. The number of hydrogen-bond acceptors (Lipinski definition) is 1. The lowest BCUT2D eigenvalue weighted by Gasteiger charge is -1.90. The zero-order valence-corrected chi connectivity index (χ0v) is 8.49. The van der Waals surface area contributed by atoms with Crippen molar-refractivity contribution >= 4 is 21.6 Å². The van der Waals surface area contributed by atoms with Crippen molar-refractivity contribution in [2.45, 2.75) is 20.4 Å². The first kappa shape index (κ1) is 8.63. The third kappa shape index (κ3) is 1.33. The van der Waals surface area contributed by atoms with Gasteiger partial charge in [0.2, 0.25) is 10.5 Å². The van der Waals surface area contributed by atoms with Crippen LogP contribution in [0.1, 0.15) is 11.9 Å². The van der Waals surface area contributed by atoms with Crippen LogP contribution in [0.3, 0.4) is 0 Å². The van der Waals surface area contributed by atoms with Crippen molar-refractivity contribution in [3.8, 4) is 0 Å². The molecule has 2 rings (SSSR count). The largest absolute Gasteiger partial charge is 0.235 e. The summed E-state index contributed by atoms with van der Waals surface area (Å²) in [5, 5.41) is 1.23. The molecule has 3 heteroatoms. The maximum Gasteiger partial charge on any atom is 0.235 e. The summed E-state index contributed by atoms with van der Waals surface area (Å²) in [5.74, 6) is -0.160. The van der Waals surface area contributed by atoms with E-state index in [9.17, 15) is 4.39 Å². The zero-order chi connectivity index (χ0) is 9.42. The molecule has 0 atom stereocenters. The molecule has 0 radical (unpaired) electrons. The number of fused-ring (bicyclic) bond motifs is 1. The van der Waals surface area contributed by atoms with Crippen LogP contribution < -0.4 is 4.57 Å². The van der Waals surface area contributed by atoms with Crippen LogP contribution in [0.2, 0.25) is 0 Å². The third-order valence-corrected chi connectivity index (χ3v) is 3.25. The van der Waals surface area contributed by atoms with E-state index in [0.29, 0.717) is 0 Å². The predicted molar refractivity (Wildman–Crippen MR) is 52.4 cm³/mol. The summed E-state index contributed by atoms with van der Waals surface area (Å²) < 4.78 is 16.2.